The molecular formula is C18H19N3O3S. The first-order valence-electron chi connectivity index (χ1n) is 7.64. The van der Waals surface area contributed by atoms with Crippen molar-refractivity contribution in [1.29, 1.82) is 5.26 Å². The molecule has 25 heavy (non-hydrogen) atoms. The highest BCUT2D eigenvalue weighted by molar-refractivity contribution is 7.88. The van der Waals surface area contributed by atoms with Crippen LogP contribution >= 0.6 is 0 Å². The van der Waals surface area contributed by atoms with E-state index >= 15 is 0 Å². The number of carbonyl (C=O) groups excluding carboxylic acids is 1. The Morgan fingerprint density at radius 2 is 1.72 bits per heavy atom. The number of sulfonamides is 1. The predicted octanol–water partition coefficient (Wildman–Crippen LogP) is 1.64. The summed E-state index contributed by atoms with van der Waals surface area (Å²) in [6, 6.07) is 17.7. The van der Waals surface area contributed by atoms with Crippen molar-refractivity contribution in [3.8, 4) is 6.07 Å². The van der Waals surface area contributed by atoms with Crippen molar-refractivity contribution in [2.75, 3.05) is 13.6 Å². The molecule has 0 bridgehead atoms. The van der Waals surface area contributed by atoms with E-state index in [0.717, 1.165) is 9.87 Å². The molecule has 1 N–H and O–H groups in total. The third-order valence-electron chi connectivity index (χ3n) is 3.61. The Kier molecular flexibility index (Phi) is 6.28. The Bertz CT molecular complexity index is 857. The Morgan fingerprint density at radius 3 is 2.32 bits per heavy atom. The van der Waals surface area contributed by atoms with Crippen LogP contribution in [-0.2, 0) is 27.1 Å². The summed E-state index contributed by atoms with van der Waals surface area (Å²) in [6.07, 6.45) is 0. The van der Waals surface area contributed by atoms with Gasteiger partial charge in [-0.1, -0.05) is 42.5 Å². The number of nitriles is 1. The van der Waals surface area contributed by atoms with Crippen LogP contribution in [0.2, 0.25) is 0 Å². The van der Waals surface area contributed by atoms with Crippen LogP contribution in [0, 0.1) is 11.3 Å². The molecule has 130 valence electrons. The van der Waals surface area contributed by atoms with Gasteiger partial charge in [0.2, 0.25) is 15.9 Å². The van der Waals surface area contributed by atoms with Crippen LogP contribution in [0.15, 0.2) is 54.6 Å². The summed E-state index contributed by atoms with van der Waals surface area (Å²) in [5.74, 6) is -0.587. The third-order valence-corrected chi connectivity index (χ3v) is 5.38. The summed E-state index contributed by atoms with van der Waals surface area (Å²) in [6.45, 7) is 0.106. The average molecular weight is 357 g/mol. The number of amides is 1. The molecule has 6 nitrogen and oxygen atoms in total. The van der Waals surface area contributed by atoms with Crippen molar-refractivity contribution in [3.63, 3.8) is 0 Å². The van der Waals surface area contributed by atoms with E-state index in [2.05, 4.69) is 5.32 Å². The van der Waals surface area contributed by atoms with Crippen molar-refractivity contribution in [2.45, 2.75) is 12.3 Å². The highest BCUT2D eigenvalue weighted by Gasteiger charge is 2.21. The van der Waals surface area contributed by atoms with Gasteiger partial charge in [-0.3, -0.25) is 4.79 Å². The van der Waals surface area contributed by atoms with Crippen LogP contribution in [0.5, 0.6) is 0 Å². The van der Waals surface area contributed by atoms with E-state index in [0.29, 0.717) is 17.7 Å². The van der Waals surface area contributed by atoms with E-state index in [1.807, 2.05) is 36.4 Å². The number of rotatable bonds is 7. The smallest absolute Gasteiger partial charge is 0.235 e. The lowest BCUT2D eigenvalue weighted by Gasteiger charge is -2.17. The normalized spacial score (nSPS) is 11.1. The van der Waals surface area contributed by atoms with Gasteiger partial charge in [0, 0.05) is 13.6 Å². The van der Waals surface area contributed by atoms with Crippen molar-refractivity contribution >= 4 is 15.9 Å². The molecule has 0 aliphatic carbocycles. The van der Waals surface area contributed by atoms with Crippen LogP contribution < -0.4 is 5.32 Å². The fourth-order valence-corrected chi connectivity index (χ4v) is 3.30. The first-order valence-corrected chi connectivity index (χ1v) is 9.25. The Hall–Kier alpha value is -2.69. The average Bonchev–Trinajstić information content (AvgIpc) is 2.61. The summed E-state index contributed by atoms with van der Waals surface area (Å²) >= 11 is 0. The van der Waals surface area contributed by atoms with Crippen molar-refractivity contribution in [3.05, 3.63) is 71.3 Å². The van der Waals surface area contributed by atoms with Gasteiger partial charge in [0.25, 0.3) is 0 Å². The zero-order chi connectivity index (χ0) is 18.3. The lowest BCUT2D eigenvalue weighted by molar-refractivity contribution is -0.121. The highest BCUT2D eigenvalue weighted by atomic mass is 32.2. The summed E-state index contributed by atoms with van der Waals surface area (Å²) in [5, 5.41) is 11.5. The van der Waals surface area contributed by atoms with Gasteiger partial charge in [-0.05, 0) is 23.3 Å². The maximum absolute atomic E-state index is 12.3. The van der Waals surface area contributed by atoms with E-state index < -0.39 is 10.0 Å². The minimum Gasteiger partial charge on any atom is -0.351 e. The van der Waals surface area contributed by atoms with Crippen LogP contribution in [0.3, 0.4) is 0 Å². The molecule has 2 aromatic rings. The van der Waals surface area contributed by atoms with Crippen molar-refractivity contribution in [2.24, 2.45) is 0 Å². The minimum absolute atomic E-state index is 0.221. The highest BCUT2D eigenvalue weighted by Crippen LogP contribution is 2.10. The van der Waals surface area contributed by atoms with Crippen molar-refractivity contribution in [1.82, 2.24) is 9.62 Å². The molecule has 0 heterocycles. The Morgan fingerprint density at radius 1 is 1.08 bits per heavy atom. The number of benzene rings is 2. The molecule has 0 aliphatic rings. The van der Waals surface area contributed by atoms with E-state index in [1.54, 1.807) is 24.3 Å². The van der Waals surface area contributed by atoms with Gasteiger partial charge in [-0.25, -0.2) is 8.42 Å². The van der Waals surface area contributed by atoms with Crippen molar-refractivity contribution < 1.29 is 13.2 Å². The quantitative estimate of drug-likeness (QED) is 0.815. The van der Waals surface area contributed by atoms with Gasteiger partial charge in [-0.2, -0.15) is 9.57 Å². The van der Waals surface area contributed by atoms with Gasteiger partial charge in [0.1, 0.15) is 0 Å². The SMILES string of the molecule is CN(CC(=O)NCc1ccccc1)S(=O)(=O)Cc1ccc(C#N)cc1. The molecule has 0 aliphatic heterocycles. The zero-order valence-electron chi connectivity index (χ0n) is 13.8. The molecule has 0 radical (unpaired) electrons. The van der Waals surface area contributed by atoms with Gasteiger partial charge in [0.15, 0.2) is 0 Å². The third kappa shape index (κ3) is 5.71. The number of nitrogens with one attached hydrogen (secondary N) is 1. The second kappa shape index (κ2) is 8.42. The molecule has 0 aromatic heterocycles. The number of likely N-dealkylation sites (N-methyl/N-ethyl adjacent to an activating group) is 1. The molecule has 1 amide bonds. The predicted molar refractivity (Wildman–Crippen MR) is 94.7 cm³/mol. The minimum atomic E-state index is -3.62. The fourth-order valence-electron chi connectivity index (χ4n) is 2.15. The van der Waals surface area contributed by atoms with Gasteiger partial charge in [0.05, 0.1) is 23.9 Å². The molecule has 7 heteroatoms. The maximum Gasteiger partial charge on any atom is 0.235 e. The maximum atomic E-state index is 12.3. The number of nitrogens with zero attached hydrogens (tertiary/aromatic N) is 2. The summed E-state index contributed by atoms with van der Waals surface area (Å²) in [7, 11) is -2.25. The molecule has 0 unspecified atom stereocenters. The monoisotopic (exact) mass is 357 g/mol. The molecule has 2 aromatic carbocycles. The van der Waals surface area contributed by atoms with Gasteiger partial charge >= 0.3 is 0 Å². The summed E-state index contributed by atoms with van der Waals surface area (Å²) in [5.41, 5.74) is 1.98. The van der Waals surface area contributed by atoms with E-state index in [9.17, 15) is 13.2 Å². The molecule has 2 rings (SSSR count). The lowest BCUT2D eigenvalue weighted by Crippen LogP contribution is -2.38. The summed E-state index contributed by atoms with van der Waals surface area (Å²) in [4.78, 5) is 12.0. The van der Waals surface area contributed by atoms with Gasteiger partial charge < -0.3 is 5.32 Å². The molecular weight excluding hydrogens is 338 g/mol. The summed E-state index contributed by atoms with van der Waals surface area (Å²) < 4.78 is 25.7. The molecule has 0 spiro atoms. The molecule has 0 saturated carbocycles. The topological polar surface area (TPSA) is 90.3 Å². The second-order valence-electron chi connectivity index (χ2n) is 5.58. The van der Waals surface area contributed by atoms with E-state index in [4.69, 9.17) is 5.26 Å². The second-order valence-corrected chi connectivity index (χ2v) is 7.66. The zero-order valence-corrected chi connectivity index (χ0v) is 14.7. The van der Waals surface area contributed by atoms with Gasteiger partial charge in [-0.15, -0.1) is 0 Å². The van der Waals surface area contributed by atoms with E-state index in [1.165, 1.54) is 7.05 Å². The number of hydrogen-bond donors (Lipinski definition) is 1. The van der Waals surface area contributed by atoms with Crippen LogP contribution in [0.1, 0.15) is 16.7 Å². The molecule has 0 saturated heterocycles. The fraction of sp³-hybridized carbons (Fsp3) is 0.222. The molecule has 0 atom stereocenters. The first kappa shape index (κ1) is 18.6. The Labute approximate surface area is 147 Å². The van der Waals surface area contributed by atoms with Crippen LogP contribution in [0.4, 0.5) is 0 Å². The van der Waals surface area contributed by atoms with Crippen LogP contribution in [0.25, 0.3) is 0 Å². The molecule has 0 fully saturated rings. The lowest BCUT2D eigenvalue weighted by atomic mass is 10.2. The number of carbonyl (C=O) groups is 1. The Balaban J connectivity index is 1.90. The van der Waals surface area contributed by atoms with Crippen LogP contribution in [-0.4, -0.2) is 32.2 Å². The largest absolute Gasteiger partial charge is 0.351 e. The standard InChI is InChI=1S/C18H19N3O3S/c1-21(13-18(22)20-12-16-5-3-2-4-6-16)25(23,24)14-17-9-7-15(11-19)8-10-17/h2-10H,12-14H2,1H3,(H,20,22). The van der Waals surface area contributed by atoms with E-state index in [-0.39, 0.29) is 18.2 Å². The first-order chi connectivity index (χ1) is 11.9. The number of hydrogen-bond acceptors (Lipinski definition) is 4.